The summed E-state index contributed by atoms with van der Waals surface area (Å²) in [5, 5.41) is 2.59. The van der Waals surface area contributed by atoms with Crippen molar-refractivity contribution >= 4 is 11.8 Å². The van der Waals surface area contributed by atoms with Gasteiger partial charge in [0, 0.05) is 12.1 Å². The average Bonchev–Trinajstić information content (AvgIpc) is 2.59. The average molecular weight is 329 g/mol. The van der Waals surface area contributed by atoms with E-state index in [4.69, 9.17) is 9.47 Å². The molecular weight excluding hydrogens is 306 g/mol. The molecule has 0 bridgehead atoms. The summed E-state index contributed by atoms with van der Waals surface area (Å²) in [4.78, 5) is 11.1. The molecule has 0 radical (unpaired) electrons. The van der Waals surface area contributed by atoms with Crippen LogP contribution in [0.4, 0.5) is 10.5 Å². The first kappa shape index (κ1) is 17.7. The van der Waals surface area contributed by atoms with Gasteiger partial charge in [0.25, 0.3) is 0 Å². The third kappa shape index (κ3) is 5.50. The van der Waals surface area contributed by atoms with Crippen molar-refractivity contribution in [3.8, 4) is 11.5 Å². The number of hydrogen-bond donors (Lipinski definition) is 1. The number of ether oxygens (including phenoxy) is 3. The fourth-order valence-corrected chi connectivity index (χ4v) is 2.05. The summed E-state index contributed by atoms with van der Waals surface area (Å²) in [6.07, 6.45) is 0.293. The van der Waals surface area contributed by atoms with Gasteiger partial charge < -0.3 is 14.2 Å². The number of anilines is 1. The van der Waals surface area contributed by atoms with Gasteiger partial charge in [-0.3, -0.25) is 5.32 Å². The topological polar surface area (TPSA) is 56.8 Å². The Kier molecular flexibility index (Phi) is 6.49. The molecule has 0 heterocycles. The van der Waals surface area contributed by atoms with Crippen LogP contribution in [0, 0.1) is 13.8 Å². The molecule has 0 fully saturated rings. The Morgan fingerprint density at radius 2 is 1.54 bits per heavy atom. The van der Waals surface area contributed by atoms with Crippen LogP contribution in [0.3, 0.4) is 0 Å². The van der Waals surface area contributed by atoms with Crippen molar-refractivity contribution in [2.75, 3.05) is 25.6 Å². The molecule has 0 saturated heterocycles. The van der Waals surface area contributed by atoms with Crippen molar-refractivity contribution < 1.29 is 19.0 Å². The van der Waals surface area contributed by atoms with Gasteiger partial charge in [0.05, 0.1) is 20.3 Å². The quantitative estimate of drug-likeness (QED) is 0.768. The van der Waals surface area contributed by atoms with Crippen LogP contribution in [0.25, 0.3) is 0 Å². The predicted molar refractivity (Wildman–Crippen MR) is 94.0 cm³/mol. The third-order valence-corrected chi connectivity index (χ3v) is 3.59. The molecule has 0 aliphatic rings. The second-order valence-electron chi connectivity index (χ2n) is 5.44. The first-order valence-corrected chi connectivity index (χ1v) is 7.86. The molecule has 0 saturated carbocycles. The molecule has 24 heavy (non-hydrogen) atoms. The number of aryl methyl sites for hydroxylation is 2. The lowest BCUT2D eigenvalue weighted by atomic mass is 10.1. The first-order chi connectivity index (χ1) is 11.6. The van der Waals surface area contributed by atoms with E-state index in [2.05, 4.69) is 30.0 Å². The number of methoxy groups -OCH3 is 1. The Morgan fingerprint density at radius 3 is 2.17 bits per heavy atom. The molecule has 2 aromatic carbocycles. The van der Waals surface area contributed by atoms with Gasteiger partial charge in [-0.15, -0.1) is 0 Å². The molecular formula is C19H23NO4. The summed E-state index contributed by atoms with van der Waals surface area (Å²) < 4.78 is 15.9. The van der Waals surface area contributed by atoms with Crippen LogP contribution in [-0.4, -0.2) is 26.4 Å². The zero-order valence-corrected chi connectivity index (χ0v) is 14.3. The molecule has 5 heteroatoms. The Bertz CT molecular complexity index is 668. The number of rotatable bonds is 7. The standard InChI is InChI=1S/C19H23NO4/c1-14-5-8-18(13-15(14)2)24-12-4-11-23-17-9-6-16(7-10-17)20-19(21)22-3/h5-10,13H,4,11-12H2,1-3H3,(H,20,21). The Balaban J connectivity index is 1.68. The summed E-state index contributed by atoms with van der Waals surface area (Å²) in [5.74, 6) is 1.63. The van der Waals surface area contributed by atoms with Gasteiger partial charge in [-0.2, -0.15) is 0 Å². The minimum Gasteiger partial charge on any atom is -0.493 e. The van der Waals surface area contributed by atoms with Crippen molar-refractivity contribution in [1.82, 2.24) is 0 Å². The minimum atomic E-state index is -0.493. The Hall–Kier alpha value is -2.69. The molecule has 0 aliphatic carbocycles. The van der Waals surface area contributed by atoms with Crippen LogP contribution in [0.1, 0.15) is 17.5 Å². The Morgan fingerprint density at radius 1 is 0.917 bits per heavy atom. The van der Waals surface area contributed by atoms with E-state index in [0.29, 0.717) is 18.9 Å². The lowest BCUT2D eigenvalue weighted by Gasteiger charge is -2.10. The fourth-order valence-electron chi connectivity index (χ4n) is 2.05. The molecule has 2 aromatic rings. The van der Waals surface area contributed by atoms with Gasteiger partial charge in [-0.05, 0) is 61.4 Å². The van der Waals surface area contributed by atoms with E-state index in [9.17, 15) is 4.79 Å². The van der Waals surface area contributed by atoms with Crippen molar-refractivity contribution in [3.63, 3.8) is 0 Å². The van der Waals surface area contributed by atoms with Gasteiger partial charge in [0.15, 0.2) is 0 Å². The van der Waals surface area contributed by atoms with Gasteiger partial charge in [-0.25, -0.2) is 4.79 Å². The van der Waals surface area contributed by atoms with Crippen LogP contribution in [-0.2, 0) is 4.74 Å². The largest absolute Gasteiger partial charge is 0.493 e. The molecule has 0 atom stereocenters. The minimum absolute atomic E-state index is 0.493. The zero-order chi connectivity index (χ0) is 17.4. The summed E-state index contributed by atoms with van der Waals surface area (Å²) >= 11 is 0. The monoisotopic (exact) mass is 329 g/mol. The van der Waals surface area contributed by atoms with E-state index in [1.807, 2.05) is 12.1 Å². The molecule has 0 aromatic heterocycles. The smallest absolute Gasteiger partial charge is 0.411 e. The van der Waals surface area contributed by atoms with Crippen molar-refractivity contribution in [1.29, 1.82) is 0 Å². The van der Waals surface area contributed by atoms with Gasteiger partial charge in [0.1, 0.15) is 11.5 Å². The fraction of sp³-hybridized carbons (Fsp3) is 0.316. The van der Waals surface area contributed by atoms with Crippen LogP contribution in [0.15, 0.2) is 42.5 Å². The number of amides is 1. The van der Waals surface area contributed by atoms with E-state index in [-0.39, 0.29) is 0 Å². The number of carbonyl (C=O) groups is 1. The summed E-state index contributed by atoms with van der Waals surface area (Å²) in [6.45, 7) is 5.32. The normalized spacial score (nSPS) is 10.1. The van der Waals surface area contributed by atoms with E-state index < -0.39 is 6.09 Å². The highest BCUT2D eigenvalue weighted by Crippen LogP contribution is 2.17. The molecule has 2 rings (SSSR count). The first-order valence-electron chi connectivity index (χ1n) is 7.86. The third-order valence-electron chi connectivity index (χ3n) is 3.59. The van der Waals surface area contributed by atoms with E-state index in [0.717, 1.165) is 17.9 Å². The molecule has 128 valence electrons. The maximum Gasteiger partial charge on any atom is 0.411 e. The van der Waals surface area contributed by atoms with E-state index in [1.54, 1.807) is 24.3 Å². The molecule has 0 spiro atoms. The highest BCUT2D eigenvalue weighted by atomic mass is 16.5. The van der Waals surface area contributed by atoms with Crippen molar-refractivity contribution in [2.24, 2.45) is 0 Å². The van der Waals surface area contributed by atoms with Crippen LogP contribution < -0.4 is 14.8 Å². The van der Waals surface area contributed by atoms with Gasteiger partial charge >= 0.3 is 6.09 Å². The molecule has 5 nitrogen and oxygen atoms in total. The number of benzene rings is 2. The van der Waals surface area contributed by atoms with Crippen LogP contribution >= 0.6 is 0 Å². The number of carbonyl (C=O) groups excluding carboxylic acids is 1. The Labute approximate surface area is 142 Å². The van der Waals surface area contributed by atoms with Crippen LogP contribution in [0.5, 0.6) is 11.5 Å². The number of nitrogens with one attached hydrogen (secondary N) is 1. The van der Waals surface area contributed by atoms with Crippen molar-refractivity contribution in [2.45, 2.75) is 20.3 Å². The SMILES string of the molecule is COC(=O)Nc1ccc(OCCCOc2ccc(C)c(C)c2)cc1. The maximum atomic E-state index is 11.1. The van der Waals surface area contributed by atoms with Gasteiger partial charge in [-0.1, -0.05) is 6.07 Å². The van der Waals surface area contributed by atoms with Gasteiger partial charge in [0.2, 0.25) is 0 Å². The molecule has 1 N–H and O–H groups in total. The van der Waals surface area contributed by atoms with E-state index in [1.165, 1.54) is 18.2 Å². The molecule has 0 unspecified atom stereocenters. The lowest BCUT2D eigenvalue weighted by molar-refractivity contribution is 0.187. The molecule has 1 amide bonds. The predicted octanol–water partition coefficient (Wildman–Crippen LogP) is 4.33. The number of hydrogen-bond acceptors (Lipinski definition) is 4. The second-order valence-corrected chi connectivity index (χ2v) is 5.44. The molecule has 0 aliphatic heterocycles. The highest BCUT2D eigenvalue weighted by molar-refractivity contribution is 5.84. The van der Waals surface area contributed by atoms with Crippen LogP contribution in [0.2, 0.25) is 0 Å². The lowest BCUT2D eigenvalue weighted by Crippen LogP contribution is -2.10. The van der Waals surface area contributed by atoms with E-state index >= 15 is 0 Å². The maximum absolute atomic E-state index is 11.1. The van der Waals surface area contributed by atoms with Crippen molar-refractivity contribution in [3.05, 3.63) is 53.6 Å². The summed E-state index contributed by atoms with van der Waals surface area (Å²) in [7, 11) is 1.33. The second kappa shape index (κ2) is 8.82. The summed E-state index contributed by atoms with van der Waals surface area (Å²) in [5.41, 5.74) is 3.15. The zero-order valence-electron chi connectivity index (χ0n) is 14.3. The highest BCUT2D eigenvalue weighted by Gasteiger charge is 2.01. The summed E-state index contributed by atoms with van der Waals surface area (Å²) in [6, 6.07) is 13.2.